The predicted molar refractivity (Wildman–Crippen MR) is 62.2 cm³/mol. The highest BCUT2D eigenvalue weighted by molar-refractivity contribution is 6.35. The summed E-state index contributed by atoms with van der Waals surface area (Å²) in [6.07, 6.45) is 1.69. The van der Waals surface area contributed by atoms with E-state index in [-0.39, 0.29) is 0 Å². The molecule has 0 spiro atoms. The van der Waals surface area contributed by atoms with Crippen LogP contribution in [0.15, 0.2) is 30.5 Å². The Bertz CT molecular complexity index is 498. The lowest BCUT2D eigenvalue weighted by Gasteiger charge is -2.05. The molecule has 0 fully saturated rings. The van der Waals surface area contributed by atoms with Crippen molar-refractivity contribution in [3.63, 3.8) is 0 Å². The lowest BCUT2D eigenvalue weighted by molar-refractivity contribution is 1.06. The van der Waals surface area contributed by atoms with E-state index in [1.807, 2.05) is 24.3 Å². The topological polar surface area (TPSA) is 25.8 Å². The monoisotopic (exact) mass is 238 g/mol. The minimum Gasteiger partial charge on any atom is -0.241 e. The molecule has 0 aliphatic carbocycles. The van der Waals surface area contributed by atoms with E-state index in [0.29, 0.717) is 16.0 Å². The summed E-state index contributed by atoms with van der Waals surface area (Å²) >= 11 is 12.1. The van der Waals surface area contributed by atoms with Gasteiger partial charge in [-0.2, -0.15) is 0 Å². The fraction of sp³-hybridized carbons (Fsp3) is 0.0909. The number of aryl methyl sites for hydroxylation is 1. The first kappa shape index (κ1) is 10.4. The van der Waals surface area contributed by atoms with E-state index in [2.05, 4.69) is 9.97 Å². The average molecular weight is 239 g/mol. The fourth-order valence-corrected chi connectivity index (χ4v) is 1.81. The summed E-state index contributed by atoms with van der Waals surface area (Å²) in [5.74, 6) is 0.649. The predicted octanol–water partition coefficient (Wildman–Crippen LogP) is 3.76. The van der Waals surface area contributed by atoms with Crippen molar-refractivity contribution >= 4 is 23.2 Å². The Morgan fingerprint density at radius 3 is 2.47 bits per heavy atom. The Labute approximate surface area is 97.9 Å². The molecule has 0 saturated carbocycles. The highest BCUT2D eigenvalue weighted by Gasteiger charge is 2.08. The third kappa shape index (κ3) is 2.11. The smallest absolute Gasteiger partial charge is 0.140 e. The zero-order chi connectivity index (χ0) is 10.8. The van der Waals surface area contributed by atoms with E-state index >= 15 is 0 Å². The van der Waals surface area contributed by atoms with E-state index < -0.39 is 0 Å². The third-order valence-electron chi connectivity index (χ3n) is 2.03. The lowest BCUT2D eigenvalue weighted by atomic mass is 10.1. The van der Waals surface area contributed by atoms with Gasteiger partial charge in [0.1, 0.15) is 11.0 Å². The summed E-state index contributed by atoms with van der Waals surface area (Å²) in [5, 5.41) is 1.07. The molecule has 0 amide bonds. The van der Waals surface area contributed by atoms with Gasteiger partial charge in [-0.05, 0) is 13.0 Å². The van der Waals surface area contributed by atoms with Crippen LogP contribution in [0.2, 0.25) is 10.2 Å². The second-order valence-electron chi connectivity index (χ2n) is 3.10. The van der Waals surface area contributed by atoms with Crippen LogP contribution in [0.3, 0.4) is 0 Å². The van der Waals surface area contributed by atoms with Crippen LogP contribution < -0.4 is 0 Å². The zero-order valence-electron chi connectivity index (χ0n) is 8.04. The van der Waals surface area contributed by atoms with Crippen LogP contribution in [-0.4, -0.2) is 9.97 Å². The van der Waals surface area contributed by atoms with Gasteiger partial charge in [0.05, 0.1) is 0 Å². The van der Waals surface area contributed by atoms with E-state index in [9.17, 15) is 0 Å². The van der Waals surface area contributed by atoms with E-state index in [1.165, 1.54) is 0 Å². The van der Waals surface area contributed by atoms with E-state index in [1.54, 1.807) is 13.1 Å². The molecule has 0 radical (unpaired) electrons. The maximum atomic E-state index is 6.06. The summed E-state index contributed by atoms with van der Waals surface area (Å²) in [5.41, 5.74) is 1.61. The van der Waals surface area contributed by atoms with Crippen LogP contribution in [-0.2, 0) is 0 Å². The van der Waals surface area contributed by atoms with Crippen molar-refractivity contribution in [3.05, 3.63) is 46.5 Å². The van der Waals surface area contributed by atoms with Crippen molar-refractivity contribution in [2.45, 2.75) is 6.92 Å². The number of nitrogens with zero attached hydrogens (tertiary/aromatic N) is 2. The number of halogens is 2. The Morgan fingerprint density at radius 2 is 1.80 bits per heavy atom. The molecular formula is C11H8Cl2N2. The van der Waals surface area contributed by atoms with Gasteiger partial charge in [0.2, 0.25) is 0 Å². The largest absolute Gasteiger partial charge is 0.241 e. The summed E-state index contributed by atoms with van der Waals surface area (Å²) in [7, 11) is 0. The van der Waals surface area contributed by atoms with E-state index in [4.69, 9.17) is 23.2 Å². The van der Waals surface area contributed by atoms with E-state index in [0.717, 1.165) is 11.1 Å². The van der Waals surface area contributed by atoms with Crippen molar-refractivity contribution in [2.75, 3.05) is 0 Å². The zero-order valence-corrected chi connectivity index (χ0v) is 9.55. The molecule has 0 aliphatic heterocycles. The molecule has 76 valence electrons. The highest BCUT2D eigenvalue weighted by Crippen LogP contribution is 2.31. The van der Waals surface area contributed by atoms with Crippen LogP contribution in [0, 0.1) is 6.92 Å². The first-order valence-corrected chi connectivity index (χ1v) is 5.18. The van der Waals surface area contributed by atoms with Gasteiger partial charge in [-0.25, -0.2) is 9.97 Å². The SMILES string of the molecule is Cc1ncc(-c2ccccc2Cl)c(Cl)n1. The van der Waals surface area contributed by atoms with Crippen molar-refractivity contribution in [2.24, 2.45) is 0 Å². The molecular weight excluding hydrogens is 231 g/mol. The molecule has 2 aromatic rings. The molecule has 0 saturated heterocycles. The van der Waals surface area contributed by atoms with Gasteiger partial charge >= 0.3 is 0 Å². The molecule has 1 aromatic carbocycles. The molecule has 0 unspecified atom stereocenters. The van der Waals surface area contributed by atoms with Gasteiger partial charge < -0.3 is 0 Å². The van der Waals surface area contributed by atoms with Gasteiger partial charge in [0.25, 0.3) is 0 Å². The first-order valence-electron chi connectivity index (χ1n) is 4.42. The quantitative estimate of drug-likeness (QED) is 0.708. The van der Waals surface area contributed by atoms with Crippen molar-refractivity contribution in [3.8, 4) is 11.1 Å². The minimum atomic E-state index is 0.426. The van der Waals surface area contributed by atoms with Crippen LogP contribution in [0.4, 0.5) is 0 Å². The number of aromatic nitrogens is 2. The van der Waals surface area contributed by atoms with Gasteiger partial charge in [0.15, 0.2) is 0 Å². The van der Waals surface area contributed by atoms with Crippen molar-refractivity contribution in [1.29, 1.82) is 0 Å². The Balaban J connectivity index is 2.60. The Morgan fingerprint density at radius 1 is 1.07 bits per heavy atom. The molecule has 0 N–H and O–H groups in total. The molecule has 0 atom stereocenters. The minimum absolute atomic E-state index is 0.426. The fourth-order valence-electron chi connectivity index (χ4n) is 1.30. The van der Waals surface area contributed by atoms with Gasteiger partial charge in [0, 0.05) is 22.3 Å². The van der Waals surface area contributed by atoms with Gasteiger partial charge in [-0.1, -0.05) is 41.4 Å². The average Bonchev–Trinajstić information content (AvgIpc) is 2.20. The molecule has 0 aliphatic rings. The second-order valence-corrected chi connectivity index (χ2v) is 3.87. The molecule has 4 heteroatoms. The Kier molecular flexibility index (Phi) is 2.89. The lowest BCUT2D eigenvalue weighted by Crippen LogP contribution is -1.90. The highest BCUT2D eigenvalue weighted by atomic mass is 35.5. The molecule has 1 aromatic heterocycles. The Hall–Kier alpha value is -1.12. The second kappa shape index (κ2) is 4.17. The van der Waals surface area contributed by atoms with Crippen LogP contribution in [0.5, 0.6) is 0 Å². The number of hydrogen-bond donors (Lipinski definition) is 0. The van der Waals surface area contributed by atoms with Crippen molar-refractivity contribution in [1.82, 2.24) is 9.97 Å². The third-order valence-corrected chi connectivity index (χ3v) is 2.64. The van der Waals surface area contributed by atoms with Gasteiger partial charge in [-0.15, -0.1) is 0 Å². The summed E-state index contributed by atoms with van der Waals surface area (Å²) in [6, 6.07) is 7.47. The van der Waals surface area contributed by atoms with Crippen molar-refractivity contribution < 1.29 is 0 Å². The van der Waals surface area contributed by atoms with Crippen LogP contribution in [0.25, 0.3) is 11.1 Å². The summed E-state index contributed by atoms with van der Waals surface area (Å²) < 4.78 is 0. The normalized spacial score (nSPS) is 10.3. The summed E-state index contributed by atoms with van der Waals surface area (Å²) in [6.45, 7) is 1.79. The van der Waals surface area contributed by atoms with Crippen LogP contribution >= 0.6 is 23.2 Å². The number of hydrogen-bond acceptors (Lipinski definition) is 2. The molecule has 2 rings (SSSR count). The standard InChI is InChI=1S/C11H8Cl2N2/c1-7-14-6-9(11(13)15-7)8-4-2-3-5-10(8)12/h2-6H,1H3. The molecule has 0 bridgehead atoms. The first-order chi connectivity index (χ1) is 7.18. The molecule has 15 heavy (non-hydrogen) atoms. The number of rotatable bonds is 1. The number of benzene rings is 1. The summed E-state index contributed by atoms with van der Waals surface area (Å²) in [4.78, 5) is 8.19. The van der Waals surface area contributed by atoms with Gasteiger partial charge in [-0.3, -0.25) is 0 Å². The maximum absolute atomic E-state index is 6.06. The molecule has 2 nitrogen and oxygen atoms in total. The van der Waals surface area contributed by atoms with Crippen LogP contribution in [0.1, 0.15) is 5.82 Å². The maximum Gasteiger partial charge on any atom is 0.140 e. The molecule has 1 heterocycles.